The van der Waals surface area contributed by atoms with Crippen molar-refractivity contribution in [3.63, 3.8) is 0 Å². The van der Waals surface area contributed by atoms with Gasteiger partial charge in [0.1, 0.15) is 6.54 Å². The Morgan fingerprint density at radius 1 is 0.700 bits per heavy atom. The van der Waals surface area contributed by atoms with Crippen molar-refractivity contribution in [2.75, 3.05) is 29.9 Å². The largest absolute Gasteiger partial charge is 0.386 e. The molecule has 0 saturated carbocycles. The van der Waals surface area contributed by atoms with Gasteiger partial charge in [0.2, 0.25) is 0 Å². The van der Waals surface area contributed by atoms with E-state index < -0.39 is 20.2 Å². The topological polar surface area (TPSA) is 127 Å². The number of hydrogen-bond donors (Lipinski definition) is 3. The van der Waals surface area contributed by atoms with Crippen molar-refractivity contribution in [1.82, 2.24) is 0 Å². The summed E-state index contributed by atoms with van der Waals surface area (Å²) in [5, 5.41) is 3.35. The quantitative estimate of drug-likeness (QED) is 0.0357. The number of nitrogens with zero attached hydrogens (tertiary/aromatic N) is 2. The van der Waals surface area contributed by atoms with Crippen LogP contribution in [0, 0.1) is 5.92 Å². The highest BCUT2D eigenvalue weighted by Crippen LogP contribution is 2.34. The second kappa shape index (κ2) is 15.7. The maximum Gasteiger partial charge on any atom is 0.294 e. The van der Waals surface area contributed by atoms with E-state index in [1.54, 1.807) is 18.2 Å². The molecule has 11 heteroatoms. The zero-order valence-electron chi connectivity index (χ0n) is 28.2. The van der Waals surface area contributed by atoms with Gasteiger partial charge in [0.15, 0.2) is 11.9 Å². The van der Waals surface area contributed by atoms with E-state index >= 15 is 0 Å². The Morgan fingerprint density at radius 3 is 1.78 bits per heavy atom. The van der Waals surface area contributed by atoms with E-state index in [9.17, 15) is 25.9 Å². The van der Waals surface area contributed by atoms with E-state index in [-0.39, 0.29) is 9.79 Å². The number of hydrogen-bond acceptors (Lipinski definition) is 6. The molecule has 0 amide bonds. The number of nitrogens with one attached hydrogen (secondary N) is 1. The molecule has 50 heavy (non-hydrogen) atoms. The van der Waals surface area contributed by atoms with E-state index in [1.165, 1.54) is 24.3 Å². The van der Waals surface area contributed by atoms with Crippen molar-refractivity contribution in [2.45, 2.75) is 37.1 Å². The van der Waals surface area contributed by atoms with E-state index in [4.69, 9.17) is 0 Å². The molecule has 0 aromatic heterocycles. The van der Waals surface area contributed by atoms with Crippen LogP contribution in [-0.2, 0) is 26.8 Å². The summed E-state index contributed by atoms with van der Waals surface area (Å²) in [5.41, 5.74) is 7.41. The highest BCUT2D eigenvalue weighted by atomic mass is 32.2. The summed E-state index contributed by atoms with van der Waals surface area (Å²) >= 11 is 0. The zero-order chi connectivity index (χ0) is 35.9. The lowest BCUT2D eigenvalue weighted by atomic mass is 9.85. The molecule has 3 N–H and O–H groups in total. The van der Waals surface area contributed by atoms with Gasteiger partial charge in [-0.05, 0) is 68.8 Å². The molecular weight excluding hydrogens is 671 g/mol. The molecule has 9 nitrogen and oxygen atoms in total. The molecule has 0 atom stereocenters. The highest BCUT2D eigenvalue weighted by molar-refractivity contribution is 7.86. The molecule has 0 aliphatic rings. The van der Waals surface area contributed by atoms with Crippen LogP contribution >= 0.6 is 0 Å². The average Bonchev–Trinajstić information content (AvgIpc) is 3.11. The summed E-state index contributed by atoms with van der Waals surface area (Å²) in [6.07, 6.45) is 1.85. The molecule has 260 valence electrons. The van der Waals surface area contributed by atoms with Crippen LogP contribution in [0.4, 0.5) is 17.1 Å². The highest BCUT2D eigenvalue weighted by Gasteiger charge is 2.16. The van der Waals surface area contributed by atoms with Crippen LogP contribution in [0.3, 0.4) is 0 Å². The normalized spacial score (nSPS) is 12.1. The van der Waals surface area contributed by atoms with Crippen LogP contribution in [0.25, 0.3) is 0 Å². The molecule has 0 bridgehead atoms. The van der Waals surface area contributed by atoms with Crippen molar-refractivity contribution in [3.8, 4) is 0 Å². The number of rotatable bonds is 14. The molecule has 5 rings (SSSR count). The summed E-state index contributed by atoms with van der Waals surface area (Å²) < 4.78 is 67.7. The number of anilines is 2. The van der Waals surface area contributed by atoms with Crippen LogP contribution in [-0.4, -0.2) is 56.4 Å². The lowest BCUT2D eigenvalue weighted by molar-refractivity contribution is -0.430. The molecule has 0 spiro atoms. The fourth-order valence-corrected chi connectivity index (χ4v) is 6.90. The molecule has 5 aromatic carbocycles. The molecule has 0 heterocycles. The predicted molar refractivity (Wildman–Crippen MR) is 199 cm³/mol. The van der Waals surface area contributed by atoms with Gasteiger partial charge in [-0.25, -0.2) is 0 Å². The van der Waals surface area contributed by atoms with Gasteiger partial charge in [-0.2, -0.15) is 21.4 Å². The maximum atomic E-state index is 11.7. The van der Waals surface area contributed by atoms with Gasteiger partial charge < -0.3 is 10.2 Å². The third-order valence-corrected chi connectivity index (χ3v) is 10.0. The third-order valence-electron chi connectivity index (χ3n) is 8.32. The monoisotopic (exact) mass is 711 g/mol. The molecular formula is C39H41N3O6S2. The second-order valence-electron chi connectivity index (χ2n) is 11.7. The first-order valence-corrected chi connectivity index (χ1v) is 19.2. The van der Waals surface area contributed by atoms with Gasteiger partial charge in [-0.1, -0.05) is 101 Å². The lowest BCUT2D eigenvalue weighted by Crippen LogP contribution is -2.22. The Labute approximate surface area is 295 Å². The molecule has 0 radical (unpaired) electrons. The second-order valence-corrected chi connectivity index (χ2v) is 14.5. The van der Waals surface area contributed by atoms with Crippen molar-refractivity contribution in [1.29, 1.82) is 0 Å². The Morgan fingerprint density at radius 2 is 1.24 bits per heavy atom. The van der Waals surface area contributed by atoms with E-state index in [2.05, 4.69) is 77.8 Å². The number of benzene rings is 5. The first-order valence-electron chi connectivity index (χ1n) is 16.3. The minimum atomic E-state index is -4.31. The molecule has 5 aromatic rings. The fourth-order valence-electron chi connectivity index (χ4n) is 5.81. The molecule has 0 aliphatic heterocycles. The van der Waals surface area contributed by atoms with Gasteiger partial charge in [0, 0.05) is 36.6 Å². The first-order chi connectivity index (χ1) is 23.9. The minimum Gasteiger partial charge on any atom is -0.386 e. The van der Waals surface area contributed by atoms with Crippen LogP contribution < -0.4 is 10.2 Å². The molecule has 0 saturated heterocycles. The summed E-state index contributed by atoms with van der Waals surface area (Å²) in [7, 11) is -8.61. The van der Waals surface area contributed by atoms with Crippen LogP contribution in [0.5, 0.6) is 0 Å². The Kier molecular flexibility index (Phi) is 11.4. The fraction of sp³-hybridized carbons (Fsp3) is 0.179. The maximum absolute atomic E-state index is 11.7. The van der Waals surface area contributed by atoms with E-state index in [0.29, 0.717) is 25.2 Å². The Hall–Kier alpha value is -4.94. The van der Waals surface area contributed by atoms with Crippen molar-refractivity contribution < 1.29 is 30.5 Å². The Bertz CT molecular complexity index is 2170. The predicted octanol–water partition coefficient (Wildman–Crippen LogP) is 7.44. The van der Waals surface area contributed by atoms with Gasteiger partial charge in [0.05, 0.1) is 9.79 Å². The molecule has 0 fully saturated rings. The summed E-state index contributed by atoms with van der Waals surface area (Å²) in [5.74, 6) is 1.04. The van der Waals surface area contributed by atoms with Crippen molar-refractivity contribution >= 4 is 43.5 Å². The summed E-state index contributed by atoms with van der Waals surface area (Å²) in [6.45, 7) is 8.70. The van der Waals surface area contributed by atoms with Gasteiger partial charge in [-0.3, -0.25) is 9.11 Å². The van der Waals surface area contributed by atoms with Crippen molar-refractivity contribution in [2.24, 2.45) is 0 Å². The average molecular weight is 712 g/mol. The van der Waals surface area contributed by atoms with Crippen LogP contribution in [0.15, 0.2) is 131 Å². The van der Waals surface area contributed by atoms with Crippen LogP contribution in [0.2, 0.25) is 0 Å². The standard InChI is InChI=1S/C39H41N3O6S2/c1-4-40-34-19-13-31(14-20-34)39(32-15-21-35(22-16-32)41(5-2)27-29-9-7-11-37(25-29)49(43,44)45)33-17-23-36(24-18-33)42(6-3)28-30-10-8-12-38(26-30)50(46,47)48/h7-27,40H,4-6,28H2,1-3H3,(H,43,44,45)(H,46,47,48). The van der Waals surface area contributed by atoms with Gasteiger partial charge in [-0.15, -0.1) is 0 Å². The third kappa shape index (κ3) is 8.99. The van der Waals surface area contributed by atoms with E-state index in [1.807, 2.05) is 42.8 Å². The first kappa shape index (κ1) is 36.3. The Balaban J connectivity index is 1.47. The molecule has 0 aliphatic carbocycles. The lowest BCUT2D eigenvalue weighted by Gasteiger charge is -2.28. The van der Waals surface area contributed by atoms with Gasteiger partial charge in [0.25, 0.3) is 20.2 Å². The van der Waals surface area contributed by atoms with E-state index in [0.717, 1.165) is 51.8 Å². The summed E-state index contributed by atoms with van der Waals surface area (Å²) in [4.78, 5) is 1.85. The van der Waals surface area contributed by atoms with Crippen molar-refractivity contribution in [3.05, 3.63) is 155 Å². The van der Waals surface area contributed by atoms with Gasteiger partial charge >= 0.3 is 0 Å². The summed E-state index contributed by atoms with van der Waals surface area (Å²) in [6, 6.07) is 37.3. The molecule has 0 unspecified atom stereocenters. The van der Waals surface area contributed by atoms with Crippen LogP contribution in [0.1, 0.15) is 48.6 Å². The SMILES string of the molecule is CCNc1ccc([C-](c2ccc(N(CC)Cc3cccc(S(=O)(=O)O)c3)cc2)c2ccc([N+](=Cc3cccc(S(=O)(=O)O)c3)CC)cc2)cc1. The smallest absolute Gasteiger partial charge is 0.294 e. The minimum absolute atomic E-state index is 0.127. The zero-order valence-corrected chi connectivity index (χ0v) is 29.8.